The molecule has 1 aliphatic rings. The topological polar surface area (TPSA) is 81.9 Å². The van der Waals surface area contributed by atoms with Crippen LogP contribution in [0.1, 0.15) is 23.2 Å². The highest BCUT2D eigenvalue weighted by molar-refractivity contribution is 5.93. The van der Waals surface area contributed by atoms with Gasteiger partial charge in [0.1, 0.15) is 18.5 Å². The Balaban J connectivity index is 1.60. The predicted octanol–water partition coefficient (Wildman–Crippen LogP) is 0.571. The monoisotopic (exact) mass is 273 g/mol. The summed E-state index contributed by atoms with van der Waals surface area (Å²) in [5, 5.41) is 10.3. The Morgan fingerprint density at radius 1 is 1.40 bits per heavy atom. The number of amides is 1. The summed E-state index contributed by atoms with van der Waals surface area (Å²) in [5.74, 6) is 0.536. The average Bonchev–Trinajstić information content (AvgIpc) is 3.18. The quantitative estimate of drug-likeness (QED) is 0.880. The first kappa shape index (κ1) is 12.7. The van der Waals surface area contributed by atoms with E-state index in [1.807, 2.05) is 0 Å². The van der Waals surface area contributed by atoms with Crippen molar-refractivity contribution in [1.29, 1.82) is 0 Å². The van der Waals surface area contributed by atoms with Crippen molar-refractivity contribution in [2.24, 2.45) is 0 Å². The average molecular weight is 273 g/mol. The number of aromatic nitrogens is 4. The van der Waals surface area contributed by atoms with Crippen molar-refractivity contribution in [1.82, 2.24) is 25.1 Å². The molecule has 2 aromatic rings. The fraction of sp³-hybridized carbons (Fsp3) is 0.385. The van der Waals surface area contributed by atoms with Crippen LogP contribution in [0.3, 0.4) is 0 Å². The van der Waals surface area contributed by atoms with Gasteiger partial charge in [0.25, 0.3) is 5.91 Å². The van der Waals surface area contributed by atoms with Crippen molar-refractivity contribution in [3.05, 3.63) is 36.5 Å². The normalized spacial score (nSPS) is 18.1. The fourth-order valence-electron chi connectivity index (χ4n) is 2.11. The highest BCUT2D eigenvalue weighted by Crippen LogP contribution is 2.11. The second kappa shape index (κ2) is 5.79. The van der Waals surface area contributed by atoms with Crippen molar-refractivity contribution in [3.8, 4) is 5.82 Å². The molecule has 104 valence electrons. The van der Waals surface area contributed by atoms with Crippen LogP contribution in [0.4, 0.5) is 0 Å². The van der Waals surface area contributed by atoms with Crippen LogP contribution in [0.5, 0.6) is 0 Å². The van der Waals surface area contributed by atoms with Crippen LogP contribution in [0, 0.1) is 0 Å². The van der Waals surface area contributed by atoms with Gasteiger partial charge in [-0.1, -0.05) is 0 Å². The summed E-state index contributed by atoms with van der Waals surface area (Å²) in [4.78, 5) is 16.2. The van der Waals surface area contributed by atoms with Gasteiger partial charge in [0.05, 0.1) is 11.7 Å². The molecule has 0 spiro atoms. The first-order valence-electron chi connectivity index (χ1n) is 6.54. The summed E-state index contributed by atoms with van der Waals surface area (Å²) in [6.07, 6.45) is 6.86. The Kier molecular flexibility index (Phi) is 3.69. The SMILES string of the molecule is O=C(NCC1CCCO1)c1ccc(-n2cnnc2)nc1. The van der Waals surface area contributed by atoms with Gasteiger partial charge in [0, 0.05) is 19.3 Å². The second-order valence-corrected chi connectivity index (χ2v) is 4.62. The predicted molar refractivity (Wildman–Crippen MR) is 70.5 cm³/mol. The maximum Gasteiger partial charge on any atom is 0.252 e. The van der Waals surface area contributed by atoms with Gasteiger partial charge >= 0.3 is 0 Å². The highest BCUT2D eigenvalue weighted by atomic mass is 16.5. The molecule has 2 aromatic heterocycles. The Hall–Kier alpha value is -2.28. The third-order valence-electron chi connectivity index (χ3n) is 3.21. The smallest absolute Gasteiger partial charge is 0.252 e. The molecule has 1 unspecified atom stereocenters. The minimum Gasteiger partial charge on any atom is -0.376 e. The molecule has 0 aromatic carbocycles. The molecule has 1 N–H and O–H groups in total. The molecule has 3 heterocycles. The van der Waals surface area contributed by atoms with E-state index in [0.717, 1.165) is 19.4 Å². The van der Waals surface area contributed by atoms with E-state index in [4.69, 9.17) is 4.74 Å². The molecule has 0 radical (unpaired) electrons. The number of hydrogen-bond acceptors (Lipinski definition) is 5. The first-order chi connectivity index (χ1) is 9.83. The van der Waals surface area contributed by atoms with Crippen LogP contribution < -0.4 is 5.32 Å². The summed E-state index contributed by atoms with van der Waals surface area (Å²) >= 11 is 0. The third kappa shape index (κ3) is 2.83. The molecule has 1 saturated heterocycles. The highest BCUT2D eigenvalue weighted by Gasteiger charge is 2.16. The summed E-state index contributed by atoms with van der Waals surface area (Å²) in [5.41, 5.74) is 0.528. The number of ether oxygens (including phenoxy) is 1. The van der Waals surface area contributed by atoms with E-state index in [2.05, 4.69) is 20.5 Å². The van der Waals surface area contributed by atoms with Crippen molar-refractivity contribution in [2.45, 2.75) is 18.9 Å². The van der Waals surface area contributed by atoms with E-state index in [0.29, 0.717) is 17.9 Å². The molecule has 1 aliphatic heterocycles. The Labute approximate surface area is 116 Å². The lowest BCUT2D eigenvalue weighted by Gasteiger charge is -2.10. The molecule has 20 heavy (non-hydrogen) atoms. The molecular weight excluding hydrogens is 258 g/mol. The molecular formula is C13H15N5O2. The number of pyridine rings is 1. The zero-order valence-electron chi connectivity index (χ0n) is 10.9. The lowest BCUT2D eigenvalue weighted by molar-refractivity contribution is 0.0857. The van der Waals surface area contributed by atoms with Crippen molar-refractivity contribution in [2.75, 3.05) is 13.2 Å². The second-order valence-electron chi connectivity index (χ2n) is 4.62. The number of carbonyl (C=O) groups excluding carboxylic acids is 1. The van der Waals surface area contributed by atoms with Crippen LogP contribution in [0.15, 0.2) is 31.0 Å². The van der Waals surface area contributed by atoms with Crippen LogP contribution in [0.25, 0.3) is 5.82 Å². The maximum atomic E-state index is 12.0. The molecule has 0 aliphatic carbocycles. The molecule has 1 atom stereocenters. The van der Waals surface area contributed by atoms with E-state index in [1.54, 1.807) is 35.6 Å². The number of nitrogens with one attached hydrogen (secondary N) is 1. The lowest BCUT2D eigenvalue weighted by atomic mass is 10.2. The zero-order chi connectivity index (χ0) is 13.8. The first-order valence-corrected chi connectivity index (χ1v) is 6.54. The maximum absolute atomic E-state index is 12.0. The number of rotatable bonds is 4. The summed E-state index contributed by atoms with van der Waals surface area (Å²) in [7, 11) is 0. The van der Waals surface area contributed by atoms with Crippen LogP contribution in [0.2, 0.25) is 0 Å². The number of hydrogen-bond donors (Lipinski definition) is 1. The minimum atomic E-state index is -0.136. The van der Waals surface area contributed by atoms with Gasteiger partial charge in [-0.25, -0.2) is 4.98 Å². The Bertz CT molecular complexity index is 561. The van der Waals surface area contributed by atoms with Gasteiger partial charge in [0.15, 0.2) is 0 Å². The van der Waals surface area contributed by atoms with Gasteiger partial charge in [-0.2, -0.15) is 0 Å². The third-order valence-corrected chi connectivity index (χ3v) is 3.21. The lowest BCUT2D eigenvalue weighted by Crippen LogP contribution is -2.31. The van der Waals surface area contributed by atoms with Crippen LogP contribution in [-0.4, -0.2) is 44.9 Å². The minimum absolute atomic E-state index is 0.136. The van der Waals surface area contributed by atoms with Crippen LogP contribution >= 0.6 is 0 Å². The number of nitrogens with zero attached hydrogens (tertiary/aromatic N) is 4. The molecule has 0 saturated carbocycles. The van der Waals surface area contributed by atoms with Crippen LogP contribution in [-0.2, 0) is 4.74 Å². The largest absolute Gasteiger partial charge is 0.376 e. The summed E-state index contributed by atoms with van der Waals surface area (Å²) < 4.78 is 7.13. The standard InChI is InChI=1S/C13H15N5O2/c19-13(15-7-11-2-1-5-20-11)10-3-4-12(14-6-10)18-8-16-17-9-18/h3-4,6,8-9,11H,1-2,5,7H2,(H,15,19). The van der Waals surface area contributed by atoms with Gasteiger partial charge in [0.2, 0.25) is 0 Å². The van der Waals surface area contributed by atoms with Gasteiger partial charge in [-0.15, -0.1) is 10.2 Å². The summed E-state index contributed by atoms with van der Waals surface area (Å²) in [6.45, 7) is 1.34. The molecule has 1 fully saturated rings. The van der Waals surface area contributed by atoms with Crippen molar-refractivity contribution >= 4 is 5.91 Å². The Morgan fingerprint density at radius 2 is 2.25 bits per heavy atom. The molecule has 7 nitrogen and oxygen atoms in total. The van der Waals surface area contributed by atoms with E-state index in [9.17, 15) is 4.79 Å². The number of carbonyl (C=O) groups is 1. The van der Waals surface area contributed by atoms with E-state index in [-0.39, 0.29) is 12.0 Å². The van der Waals surface area contributed by atoms with Gasteiger partial charge in [-0.05, 0) is 25.0 Å². The van der Waals surface area contributed by atoms with Crippen molar-refractivity contribution < 1.29 is 9.53 Å². The summed E-state index contributed by atoms with van der Waals surface area (Å²) in [6, 6.07) is 3.48. The molecule has 1 amide bonds. The fourth-order valence-corrected chi connectivity index (χ4v) is 2.11. The van der Waals surface area contributed by atoms with E-state index in [1.165, 1.54) is 0 Å². The Morgan fingerprint density at radius 3 is 2.90 bits per heavy atom. The molecule has 7 heteroatoms. The van der Waals surface area contributed by atoms with E-state index >= 15 is 0 Å². The van der Waals surface area contributed by atoms with Crippen molar-refractivity contribution in [3.63, 3.8) is 0 Å². The molecule has 0 bridgehead atoms. The van der Waals surface area contributed by atoms with Gasteiger partial charge < -0.3 is 10.1 Å². The van der Waals surface area contributed by atoms with E-state index < -0.39 is 0 Å². The molecule has 3 rings (SSSR count). The zero-order valence-corrected chi connectivity index (χ0v) is 10.9. The van der Waals surface area contributed by atoms with Gasteiger partial charge in [-0.3, -0.25) is 9.36 Å².